The number of hydrogen-bond donors (Lipinski definition) is 2. The van der Waals surface area contributed by atoms with Crippen LogP contribution in [0.3, 0.4) is 0 Å². The standard InChI is InChI=1S/C32H38F2N4O6S/c1-4-44-27-19-23(5-6-26(27)34)28-35-30(40)32(36-28)10-14-38(15-11-32)45(42,43)16-7-25-21(2)17-24(18-22(25)3)29(39)37-12-8-31(41,20-33)9-13-37/h5-7,16-19,41H,4,8-15,20H2,1-3H3,(H,35,36,40)/b16-7+/i1D3,4D2. The maximum absolute atomic E-state index is 14.4. The number of ether oxygens (including phenoxy) is 1. The van der Waals surface area contributed by atoms with Crippen LogP contribution in [-0.2, 0) is 14.8 Å². The largest absolute Gasteiger partial charge is 0.491 e. The number of likely N-dealkylation sites (tertiary alicyclic amines) is 1. The van der Waals surface area contributed by atoms with Gasteiger partial charge in [0.05, 0.1) is 14.9 Å². The van der Waals surface area contributed by atoms with Crippen molar-refractivity contribution in [2.45, 2.75) is 57.5 Å². The van der Waals surface area contributed by atoms with Gasteiger partial charge >= 0.3 is 0 Å². The van der Waals surface area contributed by atoms with Gasteiger partial charge in [-0.05, 0) is 99.5 Å². The van der Waals surface area contributed by atoms with Crippen LogP contribution in [0.1, 0.15) is 72.0 Å². The Kier molecular flexibility index (Phi) is 7.43. The second-order valence-electron chi connectivity index (χ2n) is 11.7. The lowest BCUT2D eigenvalue weighted by molar-refractivity contribution is -0.124. The summed E-state index contributed by atoms with van der Waals surface area (Å²) >= 11 is 0. The number of piperidine rings is 2. The summed E-state index contributed by atoms with van der Waals surface area (Å²) in [4.78, 5) is 32.3. The molecule has 10 nitrogen and oxygen atoms in total. The van der Waals surface area contributed by atoms with E-state index in [4.69, 9.17) is 11.6 Å². The monoisotopic (exact) mass is 649 g/mol. The van der Waals surface area contributed by atoms with Crippen LogP contribution in [0.15, 0.2) is 40.7 Å². The number of nitrogens with one attached hydrogen (secondary N) is 1. The second-order valence-corrected chi connectivity index (χ2v) is 13.5. The van der Waals surface area contributed by atoms with Crippen molar-refractivity contribution in [1.82, 2.24) is 14.5 Å². The highest BCUT2D eigenvalue weighted by Crippen LogP contribution is 2.33. The van der Waals surface area contributed by atoms with Gasteiger partial charge in [-0.1, -0.05) is 0 Å². The van der Waals surface area contributed by atoms with Crippen LogP contribution in [0.4, 0.5) is 8.78 Å². The Morgan fingerprint density at radius 3 is 2.44 bits per heavy atom. The number of carbonyl (C=O) groups is 2. The van der Waals surface area contributed by atoms with Crippen molar-refractivity contribution < 1.29 is 43.5 Å². The minimum atomic E-state index is -3.94. The topological polar surface area (TPSA) is 129 Å². The fraction of sp³-hybridized carbons (Fsp3) is 0.469. The molecule has 0 saturated carbocycles. The quantitative estimate of drug-likeness (QED) is 0.451. The van der Waals surface area contributed by atoms with Crippen LogP contribution in [-0.4, -0.2) is 90.9 Å². The first-order valence-corrected chi connectivity index (χ1v) is 16.0. The first-order chi connectivity index (χ1) is 23.2. The zero-order chi connectivity index (χ0) is 36.9. The fourth-order valence-electron chi connectivity index (χ4n) is 5.93. The first kappa shape index (κ1) is 26.5. The molecule has 2 aromatic rings. The van der Waals surface area contributed by atoms with E-state index in [1.807, 2.05) is 0 Å². The lowest BCUT2D eigenvalue weighted by atomic mass is 9.89. The molecule has 0 atom stereocenters. The second kappa shape index (κ2) is 12.6. The van der Waals surface area contributed by atoms with Crippen molar-refractivity contribution in [3.63, 3.8) is 0 Å². The summed E-state index contributed by atoms with van der Waals surface area (Å²) in [6.07, 6.45) is 1.82. The molecular weight excluding hydrogens is 606 g/mol. The predicted molar refractivity (Wildman–Crippen MR) is 166 cm³/mol. The van der Waals surface area contributed by atoms with Crippen molar-refractivity contribution in [2.24, 2.45) is 4.99 Å². The number of amides is 2. The van der Waals surface area contributed by atoms with E-state index in [1.54, 1.807) is 30.9 Å². The van der Waals surface area contributed by atoms with Crippen molar-refractivity contribution in [3.8, 4) is 5.75 Å². The lowest BCUT2D eigenvalue weighted by Gasteiger charge is -2.36. The molecule has 3 aliphatic heterocycles. The average molecular weight is 650 g/mol. The Hall–Kier alpha value is -3.68. The van der Waals surface area contributed by atoms with E-state index in [-0.39, 0.29) is 69.2 Å². The van der Waals surface area contributed by atoms with Gasteiger partial charge in [0.15, 0.2) is 11.6 Å². The van der Waals surface area contributed by atoms with Crippen LogP contribution in [0.5, 0.6) is 5.75 Å². The first-order valence-electron chi connectivity index (χ1n) is 17.0. The summed E-state index contributed by atoms with van der Waals surface area (Å²) in [7, 11) is -3.94. The highest BCUT2D eigenvalue weighted by atomic mass is 32.2. The molecule has 242 valence electrons. The molecule has 2 fully saturated rings. The molecule has 0 aromatic heterocycles. The molecular formula is C32H38F2N4O6S. The fourth-order valence-corrected chi connectivity index (χ4v) is 7.10. The van der Waals surface area contributed by atoms with Crippen LogP contribution >= 0.6 is 0 Å². The number of sulfonamides is 1. The van der Waals surface area contributed by atoms with Crippen LogP contribution in [0.25, 0.3) is 6.08 Å². The van der Waals surface area contributed by atoms with Crippen LogP contribution < -0.4 is 10.1 Å². The minimum Gasteiger partial charge on any atom is -0.491 e. The molecule has 2 amide bonds. The smallest absolute Gasteiger partial charge is 0.253 e. The molecule has 2 aromatic carbocycles. The molecule has 0 radical (unpaired) electrons. The molecule has 0 unspecified atom stereocenters. The van der Waals surface area contributed by atoms with E-state index in [0.717, 1.165) is 17.5 Å². The van der Waals surface area contributed by atoms with E-state index < -0.39 is 58.7 Å². The Balaban J connectivity index is 1.26. The number of carbonyl (C=O) groups excluding carboxylic acids is 2. The number of benzene rings is 2. The van der Waals surface area contributed by atoms with E-state index in [9.17, 15) is 31.9 Å². The molecule has 1 spiro atoms. The molecule has 2 saturated heterocycles. The zero-order valence-electron chi connectivity index (χ0n) is 29.9. The van der Waals surface area contributed by atoms with Crippen LogP contribution in [0, 0.1) is 19.7 Å². The summed E-state index contributed by atoms with van der Waals surface area (Å²) < 4.78 is 97.5. The Morgan fingerprint density at radius 1 is 1.16 bits per heavy atom. The Bertz CT molecular complexity index is 1830. The minimum absolute atomic E-state index is 0.0277. The van der Waals surface area contributed by atoms with Crippen molar-refractivity contribution in [1.29, 1.82) is 0 Å². The van der Waals surface area contributed by atoms with Gasteiger partial charge in [0, 0.05) is 46.8 Å². The maximum Gasteiger partial charge on any atom is 0.253 e. The van der Waals surface area contributed by atoms with E-state index >= 15 is 0 Å². The van der Waals surface area contributed by atoms with Crippen molar-refractivity contribution in [2.75, 3.05) is 39.4 Å². The molecule has 13 heteroatoms. The number of halogens is 2. The molecule has 0 bridgehead atoms. The summed E-state index contributed by atoms with van der Waals surface area (Å²) in [5.41, 5.74) is -0.211. The van der Waals surface area contributed by atoms with Gasteiger partial charge in [-0.25, -0.2) is 17.2 Å². The van der Waals surface area contributed by atoms with Crippen molar-refractivity contribution in [3.05, 3.63) is 69.4 Å². The van der Waals surface area contributed by atoms with E-state index in [1.165, 1.54) is 16.4 Å². The average Bonchev–Trinajstić information content (AvgIpc) is 3.35. The van der Waals surface area contributed by atoms with Gasteiger partial charge < -0.3 is 20.1 Å². The number of rotatable bonds is 8. The number of aliphatic imine (C=N–C) groups is 1. The Morgan fingerprint density at radius 2 is 1.82 bits per heavy atom. The Labute approximate surface area is 268 Å². The predicted octanol–water partition coefficient (Wildman–Crippen LogP) is 3.49. The number of aliphatic hydroxyl groups is 1. The molecule has 3 heterocycles. The van der Waals surface area contributed by atoms with Gasteiger partial charge in [-0.2, -0.15) is 4.31 Å². The number of amidine groups is 1. The normalized spacial score (nSPS) is 22.2. The van der Waals surface area contributed by atoms with Crippen molar-refractivity contribution >= 4 is 33.7 Å². The summed E-state index contributed by atoms with van der Waals surface area (Å²) in [5, 5.41) is 13.8. The number of hydrogen-bond acceptors (Lipinski definition) is 7. The van der Waals surface area contributed by atoms with Gasteiger partial charge in [-0.3, -0.25) is 14.6 Å². The third-order valence-corrected chi connectivity index (χ3v) is 10.3. The molecule has 0 aliphatic carbocycles. The molecule has 2 N–H and O–H groups in total. The molecule has 5 rings (SSSR count). The molecule has 3 aliphatic rings. The SMILES string of the molecule is [2H]C([2H])([2H])C([2H])([2H])Oc1cc(C2=NC3(CCN(S(=O)(=O)/C=C/c4c(C)cc(C(=O)N5CCC(O)(CF)CC5)cc4C)CC3)C(=O)N2)ccc1F. The maximum atomic E-state index is 14.4. The third-order valence-electron chi connectivity index (χ3n) is 8.73. The van der Waals surface area contributed by atoms with Gasteiger partial charge in [0.25, 0.3) is 11.8 Å². The summed E-state index contributed by atoms with van der Waals surface area (Å²) in [6.45, 7) is -3.37. The summed E-state index contributed by atoms with van der Waals surface area (Å²) in [6, 6.07) is 6.56. The molecule has 45 heavy (non-hydrogen) atoms. The van der Waals surface area contributed by atoms with Gasteiger partial charge in [0.2, 0.25) is 10.0 Å². The van der Waals surface area contributed by atoms with Gasteiger partial charge in [-0.15, -0.1) is 0 Å². The van der Waals surface area contributed by atoms with E-state index in [2.05, 4.69) is 10.3 Å². The third kappa shape index (κ3) is 6.66. The zero-order valence-corrected chi connectivity index (χ0v) is 25.7. The highest BCUT2D eigenvalue weighted by Gasteiger charge is 2.47. The lowest BCUT2D eigenvalue weighted by Crippen LogP contribution is -2.50. The van der Waals surface area contributed by atoms with Gasteiger partial charge in [0.1, 0.15) is 18.0 Å². The number of alkyl halides is 1. The van der Waals surface area contributed by atoms with Crippen LogP contribution in [0.2, 0.25) is 0 Å². The highest BCUT2D eigenvalue weighted by molar-refractivity contribution is 7.92. The summed E-state index contributed by atoms with van der Waals surface area (Å²) in [5.74, 6) is -2.42. The van der Waals surface area contributed by atoms with E-state index in [0.29, 0.717) is 22.3 Å². The number of aryl methyl sites for hydroxylation is 2. The number of nitrogens with zero attached hydrogens (tertiary/aromatic N) is 3.